The maximum absolute atomic E-state index is 6.42. The topological polar surface area (TPSA) is 64.7 Å². The molecule has 9 rings (SSSR count). The average molecular weight is 619 g/mol. The minimum atomic E-state index is -0.102. The summed E-state index contributed by atoms with van der Waals surface area (Å²) in [5.74, 6) is 2.49. The Morgan fingerprint density at radius 2 is 0.979 bits per heavy atom. The normalized spacial score (nSPS) is 13.0. The number of hydrogen-bond donors (Lipinski definition) is 0. The molecule has 6 aromatic carbocycles. The lowest BCUT2D eigenvalue weighted by atomic mass is 9.82. The van der Waals surface area contributed by atoms with Gasteiger partial charge in [0, 0.05) is 33.2 Å². The molecular weight excluding hydrogens is 589 g/mol. The fourth-order valence-corrected chi connectivity index (χ4v) is 6.91. The highest BCUT2D eigenvalue weighted by Gasteiger charge is 2.35. The number of benzene rings is 6. The van der Waals surface area contributed by atoms with Crippen LogP contribution in [0.3, 0.4) is 0 Å². The van der Waals surface area contributed by atoms with Gasteiger partial charge in [0.25, 0.3) is 0 Å². The SMILES string of the molecule is CC1(C)c2ccccc2-c2ccc(-c3nc4c(-c5cccc(-c6nc(-c7ccccc7)nc(-c7ccccc7)n6)c5)cccc4o3)cc21. The highest BCUT2D eigenvalue weighted by atomic mass is 16.3. The van der Waals surface area contributed by atoms with Gasteiger partial charge in [-0.1, -0.05) is 135 Å². The van der Waals surface area contributed by atoms with E-state index in [0.29, 0.717) is 23.4 Å². The summed E-state index contributed by atoms with van der Waals surface area (Å²) in [5.41, 5.74) is 12.4. The lowest BCUT2D eigenvalue weighted by molar-refractivity contribution is 0.618. The Morgan fingerprint density at radius 1 is 0.417 bits per heavy atom. The lowest BCUT2D eigenvalue weighted by Crippen LogP contribution is -2.14. The van der Waals surface area contributed by atoms with Gasteiger partial charge in [-0.2, -0.15) is 0 Å². The van der Waals surface area contributed by atoms with Crippen LogP contribution < -0.4 is 0 Å². The van der Waals surface area contributed by atoms with Crippen LogP contribution in [0.25, 0.3) is 79.0 Å². The van der Waals surface area contributed by atoms with Gasteiger partial charge >= 0.3 is 0 Å². The van der Waals surface area contributed by atoms with E-state index in [0.717, 1.165) is 44.5 Å². The van der Waals surface area contributed by atoms with Crippen molar-refractivity contribution in [3.63, 3.8) is 0 Å². The van der Waals surface area contributed by atoms with Crippen molar-refractivity contribution < 1.29 is 4.42 Å². The van der Waals surface area contributed by atoms with Crippen molar-refractivity contribution in [2.75, 3.05) is 0 Å². The van der Waals surface area contributed by atoms with E-state index >= 15 is 0 Å². The first-order valence-electron chi connectivity index (χ1n) is 16.1. The molecule has 2 heterocycles. The second-order valence-corrected chi connectivity index (χ2v) is 12.7. The van der Waals surface area contributed by atoms with Crippen LogP contribution in [-0.2, 0) is 5.41 Å². The number of para-hydroxylation sites is 1. The number of hydrogen-bond acceptors (Lipinski definition) is 5. The van der Waals surface area contributed by atoms with Crippen LogP contribution >= 0.6 is 0 Å². The zero-order chi connectivity index (χ0) is 32.2. The molecular formula is C43H30N4O. The third-order valence-electron chi connectivity index (χ3n) is 9.38. The van der Waals surface area contributed by atoms with Crippen LogP contribution in [0.2, 0.25) is 0 Å². The van der Waals surface area contributed by atoms with Gasteiger partial charge in [0.1, 0.15) is 5.52 Å². The third-order valence-corrected chi connectivity index (χ3v) is 9.38. The maximum atomic E-state index is 6.42. The highest BCUT2D eigenvalue weighted by Crippen LogP contribution is 2.49. The molecule has 1 aliphatic carbocycles. The zero-order valence-electron chi connectivity index (χ0n) is 26.6. The van der Waals surface area contributed by atoms with Crippen molar-refractivity contribution in [2.24, 2.45) is 0 Å². The van der Waals surface area contributed by atoms with E-state index in [1.165, 1.54) is 22.3 Å². The van der Waals surface area contributed by atoms with E-state index in [1.54, 1.807) is 0 Å². The lowest BCUT2D eigenvalue weighted by Gasteiger charge is -2.21. The fourth-order valence-electron chi connectivity index (χ4n) is 6.91. The van der Waals surface area contributed by atoms with E-state index in [9.17, 15) is 0 Å². The van der Waals surface area contributed by atoms with Gasteiger partial charge in [0.05, 0.1) is 0 Å². The number of fused-ring (bicyclic) bond motifs is 4. The second kappa shape index (κ2) is 11.0. The average Bonchev–Trinajstić information content (AvgIpc) is 3.69. The largest absolute Gasteiger partial charge is 0.436 e. The van der Waals surface area contributed by atoms with E-state index in [-0.39, 0.29) is 5.41 Å². The zero-order valence-corrected chi connectivity index (χ0v) is 26.6. The smallest absolute Gasteiger partial charge is 0.227 e. The van der Waals surface area contributed by atoms with Gasteiger partial charge in [0.2, 0.25) is 5.89 Å². The molecule has 0 N–H and O–H groups in total. The van der Waals surface area contributed by atoms with Crippen molar-refractivity contribution in [3.05, 3.63) is 157 Å². The van der Waals surface area contributed by atoms with Gasteiger partial charge < -0.3 is 4.42 Å². The molecule has 5 heteroatoms. The predicted octanol–water partition coefficient (Wildman–Crippen LogP) is 10.7. The molecule has 1 aliphatic rings. The van der Waals surface area contributed by atoms with Gasteiger partial charge in [-0.3, -0.25) is 0 Å². The van der Waals surface area contributed by atoms with Crippen molar-refractivity contribution in [3.8, 4) is 67.9 Å². The molecule has 0 spiro atoms. The molecule has 0 unspecified atom stereocenters. The molecule has 0 saturated heterocycles. The van der Waals surface area contributed by atoms with Crippen LogP contribution in [0.5, 0.6) is 0 Å². The first-order chi connectivity index (χ1) is 23.5. The fraction of sp³-hybridized carbons (Fsp3) is 0.0698. The van der Waals surface area contributed by atoms with Gasteiger partial charge in [-0.25, -0.2) is 19.9 Å². The Bertz CT molecular complexity index is 2420. The Morgan fingerprint density at radius 3 is 1.71 bits per heavy atom. The third kappa shape index (κ3) is 4.63. The van der Waals surface area contributed by atoms with Crippen LogP contribution in [0.4, 0.5) is 0 Å². The minimum Gasteiger partial charge on any atom is -0.436 e. The quantitative estimate of drug-likeness (QED) is 0.192. The van der Waals surface area contributed by atoms with Crippen LogP contribution in [0.1, 0.15) is 25.0 Å². The standard InChI is InChI=1S/C43H30N4O/c1-43(2)35-21-10-9-19-33(35)34-24-23-31(26-36(34)43)42-44-38-32(20-12-22-37(38)48-42)29-17-11-18-30(25-29)41-46-39(27-13-5-3-6-14-27)45-40(47-41)28-15-7-4-8-16-28/h3-26H,1-2H3. The van der Waals surface area contributed by atoms with Gasteiger partial charge in [-0.15, -0.1) is 0 Å². The van der Waals surface area contributed by atoms with Gasteiger partial charge in [0.15, 0.2) is 23.1 Å². The number of rotatable bonds is 5. The molecule has 8 aromatic rings. The molecule has 0 aliphatic heterocycles. The molecule has 0 fully saturated rings. The molecule has 0 amide bonds. The van der Waals surface area contributed by atoms with Crippen LogP contribution in [0.15, 0.2) is 150 Å². The summed E-state index contributed by atoms with van der Waals surface area (Å²) < 4.78 is 6.42. The molecule has 0 atom stereocenters. The molecule has 0 saturated carbocycles. The molecule has 5 nitrogen and oxygen atoms in total. The molecule has 2 aromatic heterocycles. The van der Waals surface area contributed by atoms with Crippen molar-refractivity contribution >= 4 is 11.1 Å². The van der Waals surface area contributed by atoms with Crippen molar-refractivity contribution in [1.29, 1.82) is 0 Å². The summed E-state index contributed by atoms with van der Waals surface area (Å²) in [5, 5.41) is 0. The Hall–Kier alpha value is -6.20. The van der Waals surface area contributed by atoms with Crippen LogP contribution in [-0.4, -0.2) is 19.9 Å². The summed E-state index contributed by atoms with van der Waals surface area (Å²) in [6.07, 6.45) is 0. The van der Waals surface area contributed by atoms with Crippen molar-refractivity contribution in [1.82, 2.24) is 19.9 Å². The van der Waals surface area contributed by atoms with E-state index in [1.807, 2.05) is 84.9 Å². The Labute approximate surface area is 278 Å². The monoisotopic (exact) mass is 618 g/mol. The first-order valence-corrected chi connectivity index (χ1v) is 16.1. The van der Waals surface area contributed by atoms with E-state index in [2.05, 4.69) is 74.5 Å². The molecule has 0 bridgehead atoms. The minimum absolute atomic E-state index is 0.102. The predicted molar refractivity (Wildman–Crippen MR) is 192 cm³/mol. The van der Waals surface area contributed by atoms with Gasteiger partial charge in [-0.05, 0) is 52.1 Å². The highest BCUT2D eigenvalue weighted by molar-refractivity contribution is 5.93. The Kier molecular flexibility index (Phi) is 6.40. The summed E-state index contributed by atoms with van der Waals surface area (Å²) in [7, 11) is 0. The number of nitrogens with zero attached hydrogens (tertiary/aromatic N) is 4. The maximum Gasteiger partial charge on any atom is 0.227 e. The summed E-state index contributed by atoms with van der Waals surface area (Å²) in [6.45, 7) is 4.58. The first kappa shape index (κ1) is 28.1. The second-order valence-electron chi connectivity index (χ2n) is 12.7. The summed E-state index contributed by atoms with van der Waals surface area (Å²) in [4.78, 5) is 19.8. The number of aromatic nitrogens is 4. The van der Waals surface area contributed by atoms with Crippen molar-refractivity contribution in [2.45, 2.75) is 19.3 Å². The van der Waals surface area contributed by atoms with E-state index < -0.39 is 0 Å². The number of oxazole rings is 1. The molecule has 0 radical (unpaired) electrons. The summed E-state index contributed by atoms with van der Waals surface area (Å²) in [6, 6.07) is 49.7. The molecule has 48 heavy (non-hydrogen) atoms. The van der Waals surface area contributed by atoms with E-state index in [4.69, 9.17) is 24.4 Å². The summed E-state index contributed by atoms with van der Waals surface area (Å²) >= 11 is 0. The Balaban J connectivity index is 1.13. The molecule has 228 valence electrons. The van der Waals surface area contributed by atoms with Crippen LogP contribution in [0, 0.1) is 0 Å².